The summed E-state index contributed by atoms with van der Waals surface area (Å²) in [6, 6.07) is 11.0. The molecule has 1 N–H and O–H groups in total. The number of carbonyl (C=O) groups excluding carboxylic acids is 2. The van der Waals surface area contributed by atoms with Gasteiger partial charge in [-0.05, 0) is 54.7 Å². The number of nitrogens with zero attached hydrogens (tertiary/aromatic N) is 2. The summed E-state index contributed by atoms with van der Waals surface area (Å²) >= 11 is 12.2. The first-order valence-electron chi connectivity index (χ1n) is 11.4. The van der Waals surface area contributed by atoms with E-state index in [0.29, 0.717) is 23.0 Å². The summed E-state index contributed by atoms with van der Waals surface area (Å²) < 4.78 is 26.3. The number of anilines is 1. The first-order valence-corrected chi connectivity index (χ1v) is 14.0. The Morgan fingerprint density at radius 3 is 2.20 bits per heavy atom. The number of rotatable bonds is 11. The van der Waals surface area contributed by atoms with Crippen LogP contribution < -0.4 is 9.62 Å². The minimum atomic E-state index is -3.82. The quantitative estimate of drug-likeness (QED) is 0.448. The monoisotopic (exact) mass is 541 g/mol. The van der Waals surface area contributed by atoms with E-state index < -0.39 is 28.5 Å². The number of aryl methyl sites for hydroxylation is 1. The van der Waals surface area contributed by atoms with Crippen LogP contribution in [0.15, 0.2) is 42.5 Å². The fraction of sp³-hybridized carbons (Fsp3) is 0.440. The smallest absolute Gasteiger partial charge is 0.244 e. The van der Waals surface area contributed by atoms with E-state index in [1.807, 2.05) is 20.8 Å². The molecule has 2 aromatic rings. The third kappa shape index (κ3) is 8.40. The Kier molecular flexibility index (Phi) is 10.4. The third-order valence-electron chi connectivity index (χ3n) is 5.46. The lowest BCUT2D eigenvalue weighted by atomic mass is 10.1. The van der Waals surface area contributed by atoms with Gasteiger partial charge in [-0.25, -0.2) is 8.42 Å². The summed E-state index contributed by atoms with van der Waals surface area (Å²) in [6.07, 6.45) is 1.39. The topological polar surface area (TPSA) is 86.8 Å². The molecule has 0 aliphatic carbocycles. The van der Waals surface area contributed by atoms with Crippen LogP contribution in [-0.2, 0) is 26.2 Å². The highest BCUT2D eigenvalue weighted by atomic mass is 35.5. The van der Waals surface area contributed by atoms with Crippen molar-refractivity contribution in [2.45, 2.75) is 46.7 Å². The molecule has 0 aliphatic rings. The van der Waals surface area contributed by atoms with Gasteiger partial charge in [0, 0.05) is 23.1 Å². The molecule has 7 nitrogen and oxygen atoms in total. The second-order valence-electron chi connectivity index (χ2n) is 8.91. The van der Waals surface area contributed by atoms with Gasteiger partial charge in [-0.15, -0.1) is 0 Å². The minimum Gasteiger partial charge on any atom is -0.354 e. The average Bonchev–Trinajstić information content (AvgIpc) is 2.78. The molecule has 0 radical (unpaired) electrons. The van der Waals surface area contributed by atoms with Gasteiger partial charge >= 0.3 is 0 Å². The average molecular weight is 543 g/mol. The molecule has 0 aromatic heterocycles. The normalized spacial score (nSPS) is 12.3. The highest BCUT2D eigenvalue weighted by molar-refractivity contribution is 7.92. The fourth-order valence-electron chi connectivity index (χ4n) is 3.48. The van der Waals surface area contributed by atoms with E-state index >= 15 is 0 Å². The van der Waals surface area contributed by atoms with Crippen molar-refractivity contribution >= 4 is 50.7 Å². The number of amides is 2. The van der Waals surface area contributed by atoms with Crippen LogP contribution in [0.4, 0.5) is 5.69 Å². The Labute approximate surface area is 218 Å². The van der Waals surface area contributed by atoms with Crippen LogP contribution in [0.2, 0.25) is 10.0 Å². The molecule has 2 rings (SSSR count). The van der Waals surface area contributed by atoms with Crippen LogP contribution in [0.25, 0.3) is 0 Å². The Hall–Kier alpha value is -2.29. The second-order valence-corrected chi connectivity index (χ2v) is 11.7. The molecule has 2 aromatic carbocycles. The molecule has 0 saturated carbocycles. The van der Waals surface area contributed by atoms with E-state index in [9.17, 15) is 18.0 Å². The molecule has 1 atom stereocenters. The zero-order valence-electron chi connectivity index (χ0n) is 20.7. The number of benzene rings is 2. The first-order chi connectivity index (χ1) is 16.3. The summed E-state index contributed by atoms with van der Waals surface area (Å²) in [6.45, 7) is 7.70. The van der Waals surface area contributed by atoms with Crippen LogP contribution in [0, 0.1) is 12.8 Å². The van der Waals surface area contributed by atoms with Gasteiger partial charge in [-0.1, -0.05) is 62.2 Å². The SMILES string of the molecule is CCC(C(=O)NCC(C)C)N(Cc1ccc(Cl)cc1)C(=O)CN(c1ccc(C)c(Cl)c1)S(C)(=O)=O. The number of hydrogen-bond acceptors (Lipinski definition) is 4. The van der Waals surface area contributed by atoms with Gasteiger partial charge in [0.05, 0.1) is 11.9 Å². The van der Waals surface area contributed by atoms with E-state index in [-0.39, 0.29) is 24.1 Å². The van der Waals surface area contributed by atoms with Crippen molar-refractivity contribution in [3.8, 4) is 0 Å². The molecule has 0 spiro atoms. The maximum atomic E-state index is 13.6. The summed E-state index contributed by atoms with van der Waals surface area (Å²) in [7, 11) is -3.82. The van der Waals surface area contributed by atoms with Gasteiger partial charge < -0.3 is 10.2 Å². The molecule has 0 fully saturated rings. The molecule has 0 heterocycles. The highest BCUT2D eigenvalue weighted by Crippen LogP contribution is 2.25. The Morgan fingerprint density at radius 2 is 1.69 bits per heavy atom. The predicted molar refractivity (Wildman–Crippen MR) is 142 cm³/mol. The zero-order chi connectivity index (χ0) is 26.3. The van der Waals surface area contributed by atoms with Crippen molar-refractivity contribution in [2.75, 3.05) is 23.7 Å². The van der Waals surface area contributed by atoms with E-state index in [1.165, 1.54) is 11.0 Å². The Balaban J connectivity index is 2.43. The molecule has 192 valence electrons. The summed E-state index contributed by atoms with van der Waals surface area (Å²) in [5.41, 5.74) is 1.83. The van der Waals surface area contributed by atoms with E-state index in [1.54, 1.807) is 43.3 Å². The lowest BCUT2D eigenvalue weighted by molar-refractivity contribution is -0.140. The first kappa shape index (κ1) is 28.9. The third-order valence-corrected chi connectivity index (χ3v) is 7.26. The number of hydrogen-bond donors (Lipinski definition) is 1. The van der Waals surface area contributed by atoms with Crippen LogP contribution >= 0.6 is 23.2 Å². The van der Waals surface area contributed by atoms with Crippen molar-refractivity contribution in [3.05, 3.63) is 63.6 Å². The summed E-state index contributed by atoms with van der Waals surface area (Å²) in [5.74, 6) is -0.551. The predicted octanol–water partition coefficient (Wildman–Crippen LogP) is 4.65. The maximum Gasteiger partial charge on any atom is 0.244 e. The number of carbonyl (C=O) groups is 2. The molecule has 35 heavy (non-hydrogen) atoms. The standard InChI is InChI=1S/C25H33Cl2N3O4S/c1-6-23(25(32)28-14-17(2)3)29(15-19-8-10-20(26)11-9-19)24(31)16-30(35(5,33)34)21-12-7-18(4)22(27)13-21/h7-13,17,23H,6,14-16H2,1-5H3,(H,28,32). The number of sulfonamides is 1. The van der Waals surface area contributed by atoms with Crippen molar-refractivity contribution in [2.24, 2.45) is 5.92 Å². The molecular formula is C25H33Cl2N3O4S. The van der Waals surface area contributed by atoms with E-state index in [2.05, 4.69) is 5.32 Å². The fourth-order valence-corrected chi connectivity index (χ4v) is 4.62. The molecule has 0 aliphatic heterocycles. The van der Waals surface area contributed by atoms with Crippen molar-refractivity contribution in [3.63, 3.8) is 0 Å². The maximum absolute atomic E-state index is 13.6. The Bertz CT molecular complexity index is 1140. The molecule has 1 unspecified atom stereocenters. The largest absolute Gasteiger partial charge is 0.354 e. The van der Waals surface area contributed by atoms with Gasteiger partial charge in [-0.2, -0.15) is 0 Å². The molecule has 0 bridgehead atoms. The lowest BCUT2D eigenvalue weighted by Gasteiger charge is -2.33. The van der Waals surface area contributed by atoms with Gasteiger partial charge in [0.2, 0.25) is 21.8 Å². The van der Waals surface area contributed by atoms with Crippen LogP contribution in [0.1, 0.15) is 38.3 Å². The number of halogens is 2. The zero-order valence-corrected chi connectivity index (χ0v) is 23.0. The minimum absolute atomic E-state index is 0.121. The molecular weight excluding hydrogens is 509 g/mol. The van der Waals surface area contributed by atoms with Crippen molar-refractivity contribution < 1.29 is 18.0 Å². The second kappa shape index (κ2) is 12.6. The van der Waals surface area contributed by atoms with Crippen LogP contribution in [-0.4, -0.2) is 50.5 Å². The van der Waals surface area contributed by atoms with E-state index in [4.69, 9.17) is 23.2 Å². The van der Waals surface area contributed by atoms with Crippen LogP contribution in [0.3, 0.4) is 0 Å². The van der Waals surface area contributed by atoms with E-state index in [0.717, 1.165) is 21.7 Å². The van der Waals surface area contributed by atoms with Gasteiger partial charge in [0.1, 0.15) is 12.6 Å². The van der Waals surface area contributed by atoms with Gasteiger partial charge in [-0.3, -0.25) is 13.9 Å². The van der Waals surface area contributed by atoms with Gasteiger partial charge in [0.25, 0.3) is 0 Å². The summed E-state index contributed by atoms with van der Waals surface area (Å²) in [5, 5.41) is 3.83. The van der Waals surface area contributed by atoms with Crippen molar-refractivity contribution in [1.29, 1.82) is 0 Å². The van der Waals surface area contributed by atoms with Crippen molar-refractivity contribution in [1.82, 2.24) is 10.2 Å². The highest BCUT2D eigenvalue weighted by Gasteiger charge is 2.31. The Morgan fingerprint density at radius 1 is 1.06 bits per heavy atom. The molecule has 0 saturated heterocycles. The van der Waals surface area contributed by atoms with Gasteiger partial charge in [0.15, 0.2) is 0 Å². The molecule has 2 amide bonds. The summed E-state index contributed by atoms with van der Waals surface area (Å²) in [4.78, 5) is 28.1. The van der Waals surface area contributed by atoms with Crippen LogP contribution in [0.5, 0.6) is 0 Å². The molecule has 10 heteroatoms. The lowest BCUT2D eigenvalue weighted by Crippen LogP contribution is -2.52. The number of nitrogens with one attached hydrogen (secondary N) is 1.